The van der Waals surface area contributed by atoms with Crippen LogP contribution in [0.4, 0.5) is 13.2 Å². The molecule has 30 heavy (non-hydrogen) atoms. The van der Waals surface area contributed by atoms with E-state index in [1.54, 1.807) is 17.8 Å². The predicted octanol–water partition coefficient (Wildman–Crippen LogP) is 5.38. The number of halogens is 3. The normalized spacial score (nSPS) is 17.5. The summed E-state index contributed by atoms with van der Waals surface area (Å²) in [6, 6.07) is 14.6. The third kappa shape index (κ3) is 4.12. The smallest absolute Gasteiger partial charge is 0.376 e. The lowest BCUT2D eigenvalue weighted by atomic mass is 9.73. The first kappa shape index (κ1) is 20.9. The Kier molecular flexibility index (Phi) is 5.64. The van der Waals surface area contributed by atoms with Crippen LogP contribution in [-0.2, 0) is 30.0 Å². The molecule has 1 aromatic heterocycles. The van der Waals surface area contributed by atoms with E-state index in [0.717, 1.165) is 31.3 Å². The van der Waals surface area contributed by atoms with Gasteiger partial charge in [-0.2, -0.15) is 13.2 Å². The maximum absolute atomic E-state index is 13.4. The molecule has 3 nitrogen and oxygen atoms in total. The lowest BCUT2D eigenvalue weighted by molar-refractivity contribution is -0.137. The Hall–Kier alpha value is -2.31. The van der Waals surface area contributed by atoms with Crippen LogP contribution in [0.3, 0.4) is 0 Å². The van der Waals surface area contributed by atoms with E-state index in [1.165, 1.54) is 17.7 Å². The molecule has 0 aliphatic carbocycles. The molecule has 1 fully saturated rings. The van der Waals surface area contributed by atoms with Crippen LogP contribution in [0.5, 0.6) is 0 Å². The monoisotopic (exact) mass is 416 g/mol. The molecular weight excluding hydrogens is 389 g/mol. The van der Waals surface area contributed by atoms with E-state index in [-0.39, 0.29) is 12.0 Å². The van der Waals surface area contributed by atoms with Crippen molar-refractivity contribution in [2.24, 2.45) is 7.05 Å². The molecule has 0 N–H and O–H groups in total. The lowest BCUT2D eigenvalue weighted by Crippen LogP contribution is -2.43. The maximum Gasteiger partial charge on any atom is 0.416 e. The van der Waals surface area contributed by atoms with E-state index >= 15 is 0 Å². The summed E-state index contributed by atoms with van der Waals surface area (Å²) in [6.45, 7) is 2.61. The summed E-state index contributed by atoms with van der Waals surface area (Å²) in [4.78, 5) is 2.31. The SMILES string of the molecule is CN1CCC(COCc2cc(C(F)(F)F)cc3c2ccn3C)(c2ccccc2)CC1. The highest BCUT2D eigenvalue weighted by Crippen LogP contribution is 2.37. The second-order valence-electron chi connectivity index (χ2n) is 8.44. The summed E-state index contributed by atoms with van der Waals surface area (Å²) >= 11 is 0. The molecule has 160 valence electrons. The van der Waals surface area contributed by atoms with Gasteiger partial charge in [-0.15, -0.1) is 0 Å². The minimum atomic E-state index is -4.38. The van der Waals surface area contributed by atoms with Gasteiger partial charge in [0.25, 0.3) is 0 Å². The fraction of sp³-hybridized carbons (Fsp3) is 0.417. The molecule has 3 aromatic rings. The van der Waals surface area contributed by atoms with Gasteiger partial charge in [0.2, 0.25) is 0 Å². The highest BCUT2D eigenvalue weighted by Gasteiger charge is 2.36. The zero-order chi connectivity index (χ0) is 21.4. The topological polar surface area (TPSA) is 17.4 Å². The minimum Gasteiger partial charge on any atom is -0.376 e. The Balaban J connectivity index is 1.59. The summed E-state index contributed by atoms with van der Waals surface area (Å²) in [5.74, 6) is 0. The summed E-state index contributed by atoms with van der Waals surface area (Å²) in [5, 5.41) is 0.808. The van der Waals surface area contributed by atoms with E-state index in [1.807, 2.05) is 24.3 Å². The Morgan fingerprint density at radius 2 is 1.70 bits per heavy atom. The fourth-order valence-corrected chi connectivity index (χ4v) is 4.44. The number of likely N-dealkylation sites (tertiary alicyclic amines) is 1. The summed E-state index contributed by atoms with van der Waals surface area (Å²) in [6.07, 6.45) is -0.656. The van der Waals surface area contributed by atoms with E-state index in [2.05, 4.69) is 24.1 Å². The second kappa shape index (κ2) is 8.08. The largest absolute Gasteiger partial charge is 0.416 e. The molecule has 2 heterocycles. The zero-order valence-electron chi connectivity index (χ0n) is 17.4. The number of rotatable bonds is 5. The molecule has 6 heteroatoms. The van der Waals surface area contributed by atoms with Crippen LogP contribution in [0, 0.1) is 0 Å². The Morgan fingerprint density at radius 3 is 2.37 bits per heavy atom. The van der Waals surface area contributed by atoms with Crippen LogP contribution < -0.4 is 0 Å². The number of alkyl halides is 3. The number of aromatic nitrogens is 1. The molecule has 1 saturated heterocycles. The van der Waals surface area contributed by atoms with Gasteiger partial charge in [0.15, 0.2) is 0 Å². The van der Waals surface area contributed by atoms with Crippen LogP contribution in [0.25, 0.3) is 10.9 Å². The molecule has 0 atom stereocenters. The molecule has 0 amide bonds. The second-order valence-corrected chi connectivity index (χ2v) is 8.44. The molecule has 0 saturated carbocycles. The molecule has 1 aliphatic rings. The number of aryl methyl sites for hydroxylation is 1. The van der Waals surface area contributed by atoms with Gasteiger partial charge in [-0.05, 0) is 62.3 Å². The zero-order valence-corrected chi connectivity index (χ0v) is 17.4. The first-order valence-electron chi connectivity index (χ1n) is 10.3. The van der Waals surface area contributed by atoms with Crippen molar-refractivity contribution in [1.82, 2.24) is 9.47 Å². The number of hydrogen-bond donors (Lipinski definition) is 0. The summed E-state index contributed by atoms with van der Waals surface area (Å²) < 4.78 is 48.1. The van der Waals surface area contributed by atoms with Gasteiger partial charge in [0.05, 0.1) is 18.8 Å². The van der Waals surface area contributed by atoms with Gasteiger partial charge in [-0.25, -0.2) is 0 Å². The van der Waals surface area contributed by atoms with Crippen molar-refractivity contribution >= 4 is 10.9 Å². The highest BCUT2D eigenvalue weighted by molar-refractivity contribution is 5.84. The van der Waals surface area contributed by atoms with Crippen LogP contribution >= 0.6 is 0 Å². The summed E-state index contributed by atoms with van der Waals surface area (Å²) in [7, 11) is 3.88. The molecule has 0 bridgehead atoms. The highest BCUT2D eigenvalue weighted by atomic mass is 19.4. The molecule has 1 aliphatic heterocycles. The van der Waals surface area contributed by atoms with Gasteiger partial charge >= 0.3 is 6.18 Å². The van der Waals surface area contributed by atoms with Crippen molar-refractivity contribution in [1.29, 1.82) is 0 Å². The Morgan fingerprint density at radius 1 is 1.00 bits per heavy atom. The number of ether oxygens (including phenoxy) is 1. The van der Waals surface area contributed by atoms with Gasteiger partial charge in [0.1, 0.15) is 0 Å². The van der Waals surface area contributed by atoms with Gasteiger partial charge < -0.3 is 14.2 Å². The lowest BCUT2D eigenvalue weighted by Gasteiger charge is -2.41. The quantitative estimate of drug-likeness (QED) is 0.556. The molecule has 0 radical (unpaired) electrons. The third-order valence-corrected chi connectivity index (χ3v) is 6.38. The minimum absolute atomic E-state index is 0.106. The van der Waals surface area contributed by atoms with E-state index in [9.17, 15) is 13.2 Å². The number of benzene rings is 2. The van der Waals surface area contributed by atoms with E-state index in [4.69, 9.17) is 4.74 Å². The van der Waals surface area contributed by atoms with E-state index in [0.29, 0.717) is 17.7 Å². The van der Waals surface area contributed by atoms with Gasteiger partial charge in [-0.1, -0.05) is 30.3 Å². The first-order valence-corrected chi connectivity index (χ1v) is 10.3. The van der Waals surface area contributed by atoms with Gasteiger partial charge in [0, 0.05) is 29.6 Å². The number of piperidine rings is 1. The molecule has 2 aromatic carbocycles. The van der Waals surface area contributed by atoms with Crippen molar-refractivity contribution in [3.63, 3.8) is 0 Å². The van der Waals surface area contributed by atoms with Gasteiger partial charge in [-0.3, -0.25) is 0 Å². The standard InChI is InChI=1S/C24H27F3N2O/c1-28-12-9-23(10-13-28,19-6-4-3-5-7-19)17-30-16-18-14-20(24(25,26)27)15-22-21(18)8-11-29(22)2/h3-8,11,14-15H,9-10,12-13,16-17H2,1-2H3. The van der Waals surface area contributed by atoms with Crippen LogP contribution in [0.1, 0.15) is 29.5 Å². The number of fused-ring (bicyclic) bond motifs is 1. The van der Waals surface area contributed by atoms with Crippen LogP contribution in [0.2, 0.25) is 0 Å². The Labute approximate surface area is 175 Å². The molecule has 4 rings (SSSR count). The van der Waals surface area contributed by atoms with Crippen LogP contribution in [-0.4, -0.2) is 36.2 Å². The van der Waals surface area contributed by atoms with Crippen molar-refractivity contribution in [3.05, 3.63) is 71.4 Å². The van der Waals surface area contributed by atoms with Crippen LogP contribution in [0.15, 0.2) is 54.7 Å². The van der Waals surface area contributed by atoms with Crippen molar-refractivity contribution in [2.75, 3.05) is 26.7 Å². The molecule has 0 unspecified atom stereocenters. The summed E-state index contributed by atoms with van der Waals surface area (Å²) in [5.41, 5.74) is 1.65. The van der Waals surface area contributed by atoms with Crippen molar-refractivity contribution in [3.8, 4) is 0 Å². The fourth-order valence-electron chi connectivity index (χ4n) is 4.44. The predicted molar refractivity (Wildman–Crippen MR) is 112 cm³/mol. The first-order chi connectivity index (χ1) is 14.3. The average molecular weight is 416 g/mol. The number of nitrogens with zero attached hydrogens (tertiary/aromatic N) is 2. The molecular formula is C24H27F3N2O. The Bertz CT molecular complexity index is 1000. The molecule has 0 spiro atoms. The number of hydrogen-bond acceptors (Lipinski definition) is 2. The van der Waals surface area contributed by atoms with Crippen molar-refractivity contribution < 1.29 is 17.9 Å². The van der Waals surface area contributed by atoms with Crippen molar-refractivity contribution in [2.45, 2.75) is 31.0 Å². The van der Waals surface area contributed by atoms with E-state index < -0.39 is 11.7 Å². The third-order valence-electron chi connectivity index (χ3n) is 6.38. The average Bonchev–Trinajstić information content (AvgIpc) is 3.11. The maximum atomic E-state index is 13.4.